The summed E-state index contributed by atoms with van der Waals surface area (Å²) in [6.07, 6.45) is 0.402. The molecule has 2 fully saturated rings. The Kier molecular flexibility index (Phi) is 4.94. The van der Waals surface area contributed by atoms with Crippen molar-refractivity contribution in [1.29, 1.82) is 0 Å². The van der Waals surface area contributed by atoms with Crippen LogP contribution < -0.4 is 0 Å². The van der Waals surface area contributed by atoms with Gasteiger partial charge in [0.25, 0.3) is 0 Å². The van der Waals surface area contributed by atoms with Gasteiger partial charge in [0.15, 0.2) is 0 Å². The van der Waals surface area contributed by atoms with Crippen LogP contribution in [0, 0.1) is 6.92 Å². The van der Waals surface area contributed by atoms with E-state index in [1.807, 2.05) is 19.1 Å². The Balaban J connectivity index is 1.60. The van der Waals surface area contributed by atoms with Crippen molar-refractivity contribution in [3.63, 3.8) is 0 Å². The fourth-order valence-corrected chi connectivity index (χ4v) is 4.69. The van der Waals surface area contributed by atoms with Gasteiger partial charge in [-0.15, -0.1) is 0 Å². The zero-order valence-electron chi connectivity index (χ0n) is 16.3. The first-order valence-corrected chi connectivity index (χ1v) is 9.91. The summed E-state index contributed by atoms with van der Waals surface area (Å²) in [7, 11) is 0. The number of aryl methyl sites for hydroxylation is 1. The fourth-order valence-electron chi connectivity index (χ4n) is 4.69. The van der Waals surface area contributed by atoms with Crippen molar-refractivity contribution in [2.75, 3.05) is 19.7 Å². The second-order valence-corrected chi connectivity index (χ2v) is 7.71. The average molecular weight is 378 g/mol. The molecule has 5 nitrogen and oxygen atoms in total. The number of hydrogen-bond acceptors (Lipinski definition) is 3. The van der Waals surface area contributed by atoms with Crippen LogP contribution in [0.4, 0.5) is 0 Å². The zero-order valence-corrected chi connectivity index (χ0v) is 16.3. The molecule has 0 radical (unpaired) electrons. The standard InChI is InChI=1S/C23H26N2O3/c1-3-21(27)24-12-19-23(20(14-26)25(19)22(28)13-24)17-10-8-16(9-11-17)18-7-5-4-6-15(18)2/h4-11,19-20,23,26H,3,12-14H2,1-2H3/t19-,20-,23+/m1/s1. The van der Waals surface area contributed by atoms with E-state index in [9.17, 15) is 14.7 Å². The van der Waals surface area contributed by atoms with Gasteiger partial charge in [-0.1, -0.05) is 55.5 Å². The van der Waals surface area contributed by atoms with Crippen molar-refractivity contribution in [2.45, 2.75) is 38.3 Å². The van der Waals surface area contributed by atoms with Crippen LogP contribution in [-0.4, -0.2) is 58.5 Å². The highest BCUT2D eigenvalue weighted by Crippen LogP contribution is 2.43. The lowest BCUT2D eigenvalue weighted by atomic mass is 9.73. The number of hydrogen-bond donors (Lipinski definition) is 1. The van der Waals surface area contributed by atoms with Crippen LogP contribution in [0.15, 0.2) is 48.5 Å². The summed E-state index contributed by atoms with van der Waals surface area (Å²) in [5.41, 5.74) is 4.69. The minimum Gasteiger partial charge on any atom is -0.394 e. The molecule has 2 aromatic carbocycles. The van der Waals surface area contributed by atoms with Gasteiger partial charge in [0.1, 0.15) is 0 Å². The highest BCUT2D eigenvalue weighted by Gasteiger charge is 2.54. The largest absolute Gasteiger partial charge is 0.394 e. The highest BCUT2D eigenvalue weighted by atomic mass is 16.3. The Bertz CT molecular complexity index is 893. The van der Waals surface area contributed by atoms with E-state index in [1.54, 1.807) is 9.80 Å². The molecule has 2 aliphatic rings. The molecule has 3 atom stereocenters. The van der Waals surface area contributed by atoms with Crippen molar-refractivity contribution < 1.29 is 14.7 Å². The number of aliphatic hydroxyl groups excluding tert-OH is 1. The molecule has 5 heteroatoms. The lowest BCUT2D eigenvalue weighted by molar-refractivity contribution is -0.166. The topological polar surface area (TPSA) is 60.9 Å². The molecule has 0 aliphatic carbocycles. The molecule has 2 saturated heterocycles. The summed E-state index contributed by atoms with van der Waals surface area (Å²) in [5.74, 6) is -0.00805. The van der Waals surface area contributed by atoms with Crippen LogP contribution in [0.3, 0.4) is 0 Å². The van der Waals surface area contributed by atoms with Gasteiger partial charge >= 0.3 is 0 Å². The van der Waals surface area contributed by atoms with E-state index in [4.69, 9.17) is 0 Å². The van der Waals surface area contributed by atoms with E-state index >= 15 is 0 Å². The number of rotatable bonds is 4. The summed E-state index contributed by atoms with van der Waals surface area (Å²) in [5, 5.41) is 9.89. The number of amides is 2. The second-order valence-electron chi connectivity index (χ2n) is 7.71. The van der Waals surface area contributed by atoms with Gasteiger partial charge in [-0.3, -0.25) is 9.59 Å². The number of aliphatic hydroxyl groups is 1. The Morgan fingerprint density at radius 3 is 2.50 bits per heavy atom. The Morgan fingerprint density at radius 1 is 1.14 bits per heavy atom. The van der Waals surface area contributed by atoms with E-state index < -0.39 is 0 Å². The highest BCUT2D eigenvalue weighted by molar-refractivity contribution is 5.87. The lowest BCUT2D eigenvalue weighted by Gasteiger charge is -2.58. The van der Waals surface area contributed by atoms with Crippen molar-refractivity contribution in [2.24, 2.45) is 0 Å². The Morgan fingerprint density at radius 2 is 1.86 bits per heavy atom. The molecule has 0 bridgehead atoms. The van der Waals surface area contributed by atoms with E-state index in [0.29, 0.717) is 13.0 Å². The summed E-state index contributed by atoms with van der Waals surface area (Å²) in [4.78, 5) is 28.1. The maximum atomic E-state index is 12.5. The number of fused-ring (bicyclic) bond motifs is 1. The molecule has 0 saturated carbocycles. The predicted octanol–water partition coefficient (Wildman–Crippen LogP) is 2.57. The molecule has 28 heavy (non-hydrogen) atoms. The fraction of sp³-hybridized carbons (Fsp3) is 0.391. The van der Waals surface area contributed by atoms with Crippen LogP contribution in [0.5, 0.6) is 0 Å². The predicted molar refractivity (Wildman–Crippen MR) is 108 cm³/mol. The van der Waals surface area contributed by atoms with Crippen LogP contribution >= 0.6 is 0 Å². The molecule has 0 spiro atoms. The maximum absolute atomic E-state index is 12.5. The first kappa shape index (κ1) is 18.7. The lowest BCUT2D eigenvalue weighted by Crippen LogP contribution is -2.73. The molecule has 2 heterocycles. The van der Waals surface area contributed by atoms with Gasteiger partial charge in [-0.25, -0.2) is 0 Å². The SMILES string of the molecule is CCC(=O)N1CC(=O)N2[C@H](CO)[C@@H](c3ccc(-c4ccccc4C)cc3)[C@H]2C1. The van der Waals surface area contributed by atoms with Crippen molar-refractivity contribution in [1.82, 2.24) is 9.80 Å². The summed E-state index contributed by atoms with van der Waals surface area (Å²) >= 11 is 0. The minimum atomic E-state index is -0.208. The number of nitrogens with zero attached hydrogens (tertiary/aromatic N) is 2. The molecule has 2 amide bonds. The van der Waals surface area contributed by atoms with Crippen LogP contribution in [0.1, 0.15) is 30.4 Å². The van der Waals surface area contributed by atoms with Gasteiger partial charge in [-0.2, -0.15) is 0 Å². The molecular weight excluding hydrogens is 352 g/mol. The summed E-state index contributed by atoms with van der Waals surface area (Å²) < 4.78 is 0. The van der Waals surface area contributed by atoms with Crippen molar-refractivity contribution in [3.8, 4) is 11.1 Å². The molecule has 2 aromatic rings. The van der Waals surface area contributed by atoms with E-state index in [2.05, 4.69) is 43.3 Å². The third kappa shape index (κ3) is 3.00. The quantitative estimate of drug-likeness (QED) is 0.890. The molecule has 2 aliphatic heterocycles. The average Bonchev–Trinajstić information content (AvgIpc) is 2.70. The maximum Gasteiger partial charge on any atom is 0.242 e. The van der Waals surface area contributed by atoms with Crippen molar-refractivity contribution >= 4 is 11.8 Å². The van der Waals surface area contributed by atoms with Gasteiger partial charge in [0.05, 0.1) is 25.2 Å². The third-order valence-electron chi connectivity index (χ3n) is 6.16. The van der Waals surface area contributed by atoms with Gasteiger partial charge in [0.2, 0.25) is 11.8 Å². The molecule has 0 aromatic heterocycles. The third-order valence-corrected chi connectivity index (χ3v) is 6.16. The number of piperazine rings is 1. The van der Waals surface area contributed by atoms with Gasteiger partial charge < -0.3 is 14.9 Å². The van der Waals surface area contributed by atoms with Crippen LogP contribution in [0.2, 0.25) is 0 Å². The number of carbonyl (C=O) groups excluding carboxylic acids is 2. The first-order chi connectivity index (χ1) is 13.5. The van der Waals surface area contributed by atoms with Gasteiger partial charge in [-0.05, 0) is 29.2 Å². The first-order valence-electron chi connectivity index (χ1n) is 9.91. The molecule has 0 unspecified atom stereocenters. The molecule has 146 valence electrons. The molecule has 4 rings (SSSR count). The zero-order chi connectivity index (χ0) is 19.8. The second kappa shape index (κ2) is 7.40. The molecular formula is C23H26N2O3. The normalized spacial score (nSPS) is 24.0. The van der Waals surface area contributed by atoms with Gasteiger partial charge in [0, 0.05) is 18.9 Å². The number of carbonyl (C=O) groups is 2. The monoisotopic (exact) mass is 378 g/mol. The van der Waals surface area contributed by atoms with E-state index in [-0.39, 0.29) is 43.0 Å². The smallest absolute Gasteiger partial charge is 0.242 e. The van der Waals surface area contributed by atoms with E-state index in [0.717, 1.165) is 11.1 Å². The van der Waals surface area contributed by atoms with E-state index in [1.165, 1.54) is 11.1 Å². The summed E-state index contributed by atoms with van der Waals surface area (Å²) in [6, 6.07) is 16.4. The Hall–Kier alpha value is -2.66. The summed E-state index contributed by atoms with van der Waals surface area (Å²) in [6.45, 7) is 4.52. The Labute approximate surface area is 165 Å². The molecule has 1 N–H and O–H groups in total. The minimum absolute atomic E-state index is 0.00843. The van der Waals surface area contributed by atoms with Crippen molar-refractivity contribution in [3.05, 3.63) is 59.7 Å². The number of benzene rings is 2. The van der Waals surface area contributed by atoms with Crippen LogP contribution in [0.25, 0.3) is 11.1 Å². The van der Waals surface area contributed by atoms with Crippen LogP contribution in [-0.2, 0) is 9.59 Å².